The number of allylic oxidation sites excluding steroid dienone is 4. The van der Waals surface area contributed by atoms with Crippen molar-refractivity contribution >= 4 is 11.8 Å². The van der Waals surface area contributed by atoms with Crippen LogP contribution in [0.2, 0.25) is 0 Å². The van der Waals surface area contributed by atoms with Crippen molar-refractivity contribution in [3.8, 4) is 0 Å². The minimum atomic E-state index is -1.30. The first-order valence-electron chi connectivity index (χ1n) is 10.1. The van der Waals surface area contributed by atoms with Crippen molar-refractivity contribution < 1.29 is 19.4 Å². The Morgan fingerprint density at radius 2 is 2.11 bits per heavy atom. The molecule has 0 aromatic carbocycles. The van der Waals surface area contributed by atoms with Gasteiger partial charge in [-0.1, -0.05) is 5.57 Å². The summed E-state index contributed by atoms with van der Waals surface area (Å²) in [5, 5.41) is 14.1. The number of nitrogens with one attached hydrogen (secondary N) is 1. The summed E-state index contributed by atoms with van der Waals surface area (Å²) in [4.78, 5) is 24.9. The zero-order valence-corrected chi connectivity index (χ0v) is 16.5. The summed E-state index contributed by atoms with van der Waals surface area (Å²) in [7, 11) is 0. The molecule has 0 radical (unpaired) electrons. The Morgan fingerprint density at radius 3 is 2.74 bits per heavy atom. The highest BCUT2D eigenvalue weighted by Crippen LogP contribution is 2.65. The zero-order valence-electron chi connectivity index (χ0n) is 16.5. The monoisotopic (exact) mass is 371 g/mol. The van der Waals surface area contributed by atoms with Gasteiger partial charge in [-0.25, -0.2) is 0 Å². The van der Waals surface area contributed by atoms with Crippen LogP contribution in [-0.4, -0.2) is 41.7 Å². The van der Waals surface area contributed by atoms with E-state index in [1.165, 1.54) is 5.57 Å². The van der Waals surface area contributed by atoms with Gasteiger partial charge in [0.2, 0.25) is 0 Å². The number of fused-ring (bicyclic) bond motifs is 1. The van der Waals surface area contributed by atoms with E-state index in [1.54, 1.807) is 6.92 Å². The molecule has 1 aliphatic heterocycles. The largest absolute Gasteiger partial charge is 0.465 e. The second kappa shape index (κ2) is 6.42. The van der Waals surface area contributed by atoms with Crippen molar-refractivity contribution in [2.75, 3.05) is 13.2 Å². The number of hydrogen-bond acceptors (Lipinski definition) is 5. The van der Waals surface area contributed by atoms with Crippen LogP contribution in [0, 0.1) is 5.41 Å². The van der Waals surface area contributed by atoms with Crippen molar-refractivity contribution in [1.29, 1.82) is 0 Å². The highest BCUT2D eigenvalue weighted by atomic mass is 16.5. The van der Waals surface area contributed by atoms with Gasteiger partial charge >= 0.3 is 5.97 Å². The average Bonchev–Trinajstić information content (AvgIpc) is 3.14. The molecule has 0 amide bonds. The summed E-state index contributed by atoms with van der Waals surface area (Å²) >= 11 is 0. The summed E-state index contributed by atoms with van der Waals surface area (Å²) in [5.74, 6) is -0.298. The molecule has 27 heavy (non-hydrogen) atoms. The normalized spacial score (nSPS) is 31.5. The van der Waals surface area contributed by atoms with Crippen LogP contribution in [0.3, 0.4) is 0 Å². The molecule has 1 saturated carbocycles. The molecular formula is C22H29NO4. The molecule has 2 fully saturated rings. The lowest BCUT2D eigenvalue weighted by atomic mass is 9.67. The molecule has 2 atom stereocenters. The maximum Gasteiger partial charge on any atom is 0.323 e. The third-order valence-corrected chi connectivity index (χ3v) is 7.03. The molecule has 0 aromatic rings. The number of carbonyl (C=O) groups is 2. The van der Waals surface area contributed by atoms with E-state index in [9.17, 15) is 14.7 Å². The standard InChI is InChI=1S/C22H29NO4/c1-13-12-16-18(14(2)22(8-9-22)21(3,26)19(16)24)15(13)6-5-11-27-20(25)17-7-4-10-23-17/h12,17,23,26H,4-11H2,1-3H3/t17-,21-/m0/s1. The first-order valence-corrected chi connectivity index (χ1v) is 10.1. The third-order valence-electron chi connectivity index (χ3n) is 7.03. The Hall–Kier alpha value is -1.72. The quantitative estimate of drug-likeness (QED) is 0.574. The molecule has 3 aliphatic carbocycles. The predicted molar refractivity (Wildman–Crippen MR) is 102 cm³/mol. The van der Waals surface area contributed by atoms with Crippen molar-refractivity contribution in [3.63, 3.8) is 0 Å². The molecular weight excluding hydrogens is 342 g/mol. The number of ketones is 1. The van der Waals surface area contributed by atoms with E-state index < -0.39 is 5.60 Å². The SMILES string of the molecule is CC1=C(CCCOC(=O)[C@@H]2CCCN2)C2=C(C)C3(CC3)[C@@](C)(O)C(=O)C2=C1. The lowest BCUT2D eigenvalue weighted by Gasteiger charge is -2.39. The lowest BCUT2D eigenvalue weighted by Crippen LogP contribution is -2.49. The number of Topliss-reactive ketones (excluding diaryl/α,β-unsaturated/α-hetero) is 1. The van der Waals surface area contributed by atoms with E-state index in [4.69, 9.17) is 4.74 Å². The van der Waals surface area contributed by atoms with Crippen LogP contribution in [0.1, 0.15) is 59.3 Å². The Balaban J connectivity index is 1.45. The summed E-state index contributed by atoms with van der Waals surface area (Å²) in [6, 6.07) is -0.149. The van der Waals surface area contributed by atoms with E-state index in [2.05, 4.69) is 12.2 Å². The van der Waals surface area contributed by atoms with E-state index in [-0.39, 0.29) is 23.2 Å². The topological polar surface area (TPSA) is 75.6 Å². The van der Waals surface area contributed by atoms with Gasteiger partial charge in [-0.05, 0) is 88.6 Å². The molecule has 0 bridgehead atoms. The van der Waals surface area contributed by atoms with Crippen LogP contribution in [0.25, 0.3) is 0 Å². The van der Waals surface area contributed by atoms with Crippen molar-refractivity contribution in [1.82, 2.24) is 5.32 Å². The highest BCUT2D eigenvalue weighted by molar-refractivity contribution is 6.10. The fourth-order valence-corrected chi connectivity index (χ4v) is 5.14. The minimum Gasteiger partial charge on any atom is -0.465 e. The Labute approximate surface area is 160 Å². The highest BCUT2D eigenvalue weighted by Gasteiger charge is 2.64. The van der Waals surface area contributed by atoms with Crippen molar-refractivity contribution in [2.45, 2.75) is 70.9 Å². The number of aliphatic hydroxyl groups is 1. The van der Waals surface area contributed by atoms with Gasteiger partial charge < -0.3 is 15.2 Å². The third kappa shape index (κ3) is 2.74. The molecule has 2 N–H and O–H groups in total. The Kier molecular flexibility index (Phi) is 4.43. The number of rotatable bonds is 5. The van der Waals surface area contributed by atoms with Crippen LogP contribution in [0.15, 0.2) is 33.9 Å². The first-order chi connectivity index (χ1) is 12.8. The van der Waals surface area contributed by atoms with Gasteiger partial charge in [-0.15, -0.1) is 0 Å². The lowest BCUT2D eigenvalue weighted by molar-refractivity contribution is -0.145. The van der Waals surface area contributed by atoms with Crippen molar-refractivity contribution in [3.05, 3.63) is 33.9 Å². The maximum atomic E-state index is 12.9. The average molecular weight is 371 g/mol. The molecule has 5 nitrogen and oxygen atoms in total. The summed E-state index contributed by atoms with van der Waals surface area (Å²) in [5.41, 5.74) is 3.44. The molecule has 1 spiro atoms. The second-order valence-corrected chi connectivity index (χ2v) is 8.62. The summed E-state index contributed by atoms with van der Waals surface area (Å²) in [6.45, 7) is 7.05. The van der Waals surface area contributed by atoms with Gasteiger partial charge in [0.1, 0.15) is 11.6 Å². The zero-order chi connectivity index (χ0) is 19.4. The van der Waals surface area contributed by atoms with Gasteiger partial charge in [-0.3, -0.25) is 9.59 Å². The Bertz CT molecular complexity index is 789. The molecule has 5 heteroatoms. The van der Waals surface area contributed by atoms with Crippen molar-refractivity contribution in [2.24, 2.45) is 5.41 Å². The molecule has 0 aromatic heterocycles. The predicted octanol–water partition coefficient (Wildman–Crippen LogP) is 2.75. The van der Waals surface area contributed by atoms with Gasteiger partial charge in [0.05, 0.1) is 6.61 Å². The summed E-state index contributed by atoms with van der Waals surface area (Å²) < 4.78 is 5.43. The second-order valence-electron chi connectivity index (χ2n) is 8.62. The number of hydrogen-bond donors (Lipinski definition) is 2. The van der Waals surface area contributed by atoms with Gasteiger partial charge in [0, 0.05) is 11.0 Å². The summed E-state index contributed by atoms with van der Waals surface area (Å²) in [6.07, 6.45) is 7.05. The van der Waals surface area contributed by atoms with Crippen LogP contribution < -0.4 is 5.32 Å². The molecule has 1 saturated heterocycles. The van der Waals surface area contributed by atoms with Crippen LogP contribution >= 0.6 is 0 Å². The van der Waals surface area contributed by atoms with Crippen LogP contribution in [0.4, 0.5) is 0 Å². The number of esters is 1. The smallest absolute Gasteiger partial charge is 0.323 e. The molecule has 1 heterocycles. The molecule has 146 valence electrons. The van der Waals surface area contributed by atoms with Crippen LogP contribution in [0.5, 0.6) is 0 Å². The Morgan fingerprint density at radius 1 is 1.37 bits per heavy atom. The van der Waals surface area contributed by atoms with Crippen LogP contribution in [-0.2, 0) is 14.3 Å². The first kappa shape index (κ1) is 18.6. The fraction of sp³-hybridized carbons (Fsp3) is 0.636. The van der Waals surface area contributed by atoms with Gasteiger partial charge in [0.25, 0.3) is 0 Å². The molecule has 4 aliphatic rings. The minimum absolute atomic E-state index is 0.145. The van der Waals surface area contributed by atoms with Gasteiger partial charge in [0.15, 0.2) is 5.78 Å². The fourth-order valence-electron chi connectivity index (χ4n) is 5.14. The van der Waals surface area contributed by atoms with E-state index in [1.807, 2.05) is 13.0 Å². The van der Waals surface area contributed by atoms with E-state index in [0.717, 1.165) is 61.8 Å². The van der Waals surface area contributed by atoms with E-state index >= 15 is 0 Å². The van der Waals surface area contributed by atoms with Gasteiger partial charge in [-0.2, -0.15) is 0 Å². The number of carbonyl (C=O) groups excluding carboxylic acids is 2. The maximum absolute atomic E-state index is 12.9. The molecule has 0 unspecified atom stereocenters. The van der Waals surface area contributed by atoms with E-state index in [0.29, 0.717) is 12.2 Å². The molecule has 4 rings (SSSR count). The number of ether oxygens (including phenoxy) is 1.